The first kappa shape index (κ1) is 33.2. The molecule has 0 saturated carbocycles. The number of aromatic hydroxyl groups is 1. The van der Waals surface area contributed by atoms with E-state index in [0.717, 1.165) is 25.1 Å². The molecule has 8 rings (SSSR count). The van der Waals surface area contributed by atoms with Crippen molar-refractivity contribution in [2.24, 2.45) is 0 Å². The summed E-state index contributed by atoms with van der Waals surface area (Å²) < 4.78 is 54.8. The molecule has 2 aromatic carbocycles. The summed E-state index contributed by atoms with van der Waals surface area (Å²) in [6, 6.07) is 7.50. The average Bonchev–Trinajstić information content (AvgIpc) is 3.73. The molecule has 5 aromatic rings. The second-order valence-corrected chi connectivity index (χ2v) is 14.1. The van der Waals surface area contributed by atoms with Gasteiger partial charge in [-0.3, -0.25) is 19.4 Å². The zero-order valence-corrected chi connectivity index (χ0v) is 28.8. The predicted molar refractivity (Wildman–Crippen MR) is 186 cm³/mol. The lowest BCUT2D eigenvalue weighted by atomic mass is 9.94. The molecular formula is C37H39F3N8O3. The van der Waals surface area contributed by atoms with E-state index in [1.165, 1.54) is 29.3 Å². The highest BCUT2D eigenvalue weighted by Crippen LogP contribution is 2.42. The van der Waals surface area contributed by atoms with Gasteiger partial charge in [-0.05, 0) is 72.8 Å². The first-order chi connectivity index (χ1) is 24.5. The number of amides is 1. The van der Waals surface area contributed by atoms with Gasteiger partial charge in [0.1, 0.15) is 41.4 Å². The Kier molecular flexibility index (Phi) is 8.23. The van der Waals surface area contributed by atoms with E-state index in [2.05, 4.69) is 20.0 Å². The van der Waals surface area contributed by atoms with Crippen molar-refractivity contribution < 1.29 is 27.8 Å². The molecule has 1 amide bonds. The van der Waals surface area contributed by atoms with E-state index < -0.39 is 23.3 Å². The number of hydrogen-bond donors (Lipinski definition) is 1. The molecule has 51 heavy (non-hydrogen) atoms. The maximum atomic E-state index is 17.1. The lowest BCUT2D eigenvalue weighted by Crippen LogP contribution is -2.43. The molecule has 2 atom stereocenters. The van der Waals surface area contributed by atoms with Crippen molar-refractivity contribution in [2.45, 2.75) is 63.8 Å². The lowest BCUT2D eigenvalue weighted by molar-refractivity contribution is 0.0821. The first-order valence-corrected chi connectivity index (χ1v) is 17.4. The smallest absolute Gasteiger partial charge is 0.319 e. The van der Waals surface area contributed by atoms with Gasteiger partial charge in [0.25, 0.3) is 5.91 Å². The van der Waals surface area contributed by atoms with Gasteiger partial charge in [0.15, 0.2) is 11.5 Å². The van der Waals surface area contributed by atoms with Crippen molar-refractivity contribution in [3.05, 3.63) is 65.1 Å². The molecule has 3 aliphatic rings. The summed E-state index contributed by atoms with van der Waals surface area (Å²) in [5.74, 6) is -1.14. The van der Waals surface area contributed by atoms with E-state index in [0.29, 0.717) is 78.7 Å². The van der Waals surface area contributed by atoms with Crippen LogP contribution in [-0.2, 0) is 19.5 Å². The number of phenolic OH excluding ortho intramolecular Hbond substituents is 1. The van der Waals surface area contributed by atoms with Gasteiger partial charge >= 0.3 is 6.01 Å². The Labute approximate surface area is 292 Å². The van der Waals surface area contributed by atoms with E-state index in [-0.39, 0.29) is 41.0 Å². The van der Waals surface area contributed by atoms with Crippen LogP contribution in [0.5, 0.6) is 11.8 Å². The number of carbonyl (C=O) groups excluding carboxylic acids is 1. The van der Waals surface area contributed by atoms with Crippen LogP contribution in [0.3, 0.4) is 0 Å². The Morgan fingerprint density at radius 3 is 2.76 bits per heavy atom. The highest BCUT2D eigenvalue weighted by Gasteiger charge is 2.49. The number of benzene rings is 2. The molecule has 0 aliphatic carbocycles. The Morgan fingerprint density at radius 2 is 1.96 bits per heavy atom. The normalized spacial score (nSPS) is 20.5. The Morgan fingerprint density at radius 1 is 1.12 bits per heavy atom. The van der Waals surface area contributed by atoms with Gasteiger partial charge in [-0.15, -0.1) is 0 Å². The highest BCUT2D eigenvalue weighted by molar-refractivity contribution is 6.01. The second kappa shape index (κ2) is 12.7. The number of nitrogens with zero attached hydrogens (tertiary/aromatic N) is 8. The summed E-state index contributed by atoms with van der Waals surface area (Å²) >= 11 is 0. The first-order valence-electron chi connectivity index (χ1n) is 17.4. The number of hydrogen-bond acceptors (Lipinski definition) is 9. The molecule has 266 valence electrons. The SMILES string of the molecule is CCc1c(F)ccc2cc(O)cc(-c3ncc4c(N5CCCn6nc(C(=O)N(C)C)cc6C5)nc(OC[C@@]56CCCN5C[C@H](F)C6)nc4c3F)c12. The van der Waals surface area contributed by atoms with Crippen molar-refractivity contribution in [3.63, 3.8) is 0 Å². The number of fused-ring (bicyclic) bond motifs is 4. The van der Waals surface area contributed by atoms with Crippen LogP contribution in [0.2, 0.25) is 0 Å². The third-order valence-electron chi connectivity index (χ3n) is 10.6. The van der Waals surface area contributed by atoms with Gasteiger partial charge in [-0.25, -0.2) is 13.2 Å². The average molecular weight is 701 g/mol. The molecule has 0 radical (unpaired) electrons. The molecule has 0 unspecified atom stereocenters. The topological polar surface area (TPSA) is 113 Å². The Balaban J connectivity index is 1.26. The summed E-state index contributed by atoms with van der Waals surface area (Å²) in [6.45, 7) is 4.53. The van der Waals surface area contributed by atoms with Crippen LogP contribution in [-0.4, -0.2) is 97.6 Å². The fourth-order valence-electron chi connectivity index (χ4n) is 8.17. The molecule has 0 spiro atoms. The third-order valence-corrected chi connectivity index (χ3v) is 10.6. The molecule has 2 fully saturated rings. The summed E-state index contributed by atoms with van der Waals surface area (Å²) in [7, 11) is 3.35. The van der Waals surface area contributed by atoms with Crippen LogP contribution < -0.4 is 9.64 Å². The molecular weight excluding hydrogens is 661 g/mol. The maximum Gasteiger partial charge on any atom is 0.319 e. The van der Waals surface area contributed by atoms with Crippen molar-refractivity contribution in [1.29, 1.82) is 0 Å². The summed E-state index contributed by atoms with van der Waals surface area (Å²) in [6.07, 6.45) is 3.61. The van der Waals surface area contributed by atoms with Crippen LogP contribution in [0.1, 0.15) is 54.4 Å². The van der Waals surface area contributed by atoms with Gasteiger partial charge in [0, 0.05) is 51.9 Å². The van der Waals surface area contributed by atoms with Crippen molar-refractivity contribution in [3.8, 4) is 23.0 Å². The van der Waals surface area contributed by atoms with Crippen molar-refractivity contribution >= 4 is 33.4 Å². The number of alkyl halides is 1. The minimum atomic E-state index is -0.950. The van der Waals surface area contributed by atoms with E-state index in [1.807, 2.05) is 16.5 Å². The van der Waals surface area contributed by atoms with Crippen molar-refractivity contribution in [2.75, 3.05) is 45.2 Å². The van der Waals surface area contributed by atoms with E-state index in [4.69, 9.17) is 9.72 Å². The molecule has 0 bridgehead atoms. The van der Waals surface area contributed by atoms with Crippen LogP contribution in [0.4, 0.5) is 19.0 Å². The zero-order valence-electron chi connectivity index (χ0n) is 28.8. The number of ether oxygens (including phenoxy) is 1. The molecule has 6 heterocycles. The molecule has 14 heteroatoms. The standard InChI is InChI=1S/C37H39F3N8O3/c1-4-25-28(39)8-7-21-13-24(49)15-26(30(21)25)32-31(40)33-27(17-41-32)34(43-36(42-33)51-20-37-9-5-11-47(37)18-22(38)16-37)46-10-6-12-48-23(19-46)14-29(44-48)35(50)45(2)3/h7-8,13-15,17,22,49H,4-6,9-12,16,18-20H2,1-3H3/t22-,37+/m1/s1. The number of pyridine rings is 1. The van der Waals surface area contributed by atoms with Crippen LogP contribution >= 0.6 is 0 Å². The quantitative estimate of drug-likeness (QED) is 0.230. The monoisotopic (exact) mass is 700 g/mol. The Hall–Kier alpha value is -4.98. The summed E-state index contributed by atoms with van der Waals surface area (Å²) in [4.78, 5) is 32.3. The largest absolute Gasteiger partial charge is 0.508 e. The molecule has 3 aromatic heterocycles. The number of carbonyl (C=O) groups is 1. The molecule has 3 aliphatic heterocycles. The van der Waals surface area contributed by atoms with E-state index in [9.17, 15) is 14.3 Å². The Bertz CT molecular complexity index is 2190. The van der Waals surface area contributed by atoms with Gasteiger partial charge in [0.05, 0.1) is 23.2 Å². The second-order valence-electron chi connectivity index (χ2n) is 14.1. The lowest BCUT2D eigenvalue weighted by Gasteiger charge is -2.31. The van der Waals surface area contributed by atoms with E-state index in [1.54, 1.807) is 26.2 Å². The molecule has 11 nitrogen and oxygen atoms in total. The van der Waals surface area contributed by atoms with Crippen LogP contribution in [0.15, 0.2) is 36.5 Å². The third kappa shape index (κ3) is 5.69. The minimum absolute atomic E-state index is 0.0530. The molecule has 1 N–H and O–H groups in total. The van der Waals surface area contributed by atoms with E-state index >= 15 is 8.78 Å². The number of aromatic nitrogens is 5. The van der Waals surface area contributed by atoms with Crippen molar-refractivity contribution in [1.82, 2.24) is 34.5 Å². The maximum absolute atomic E-state index is 17.1. The van der Waals surface area contributed by atoms with Crippen LogP contribution in [0.25, 0.3) is 32.9 Å². The number of phenols is 1. The van der Waals surface area contributed by atoms with Crippen LogP contribution in [0, 0.1) is 11.6 Å². The number of rotatable bonds is 7. The number of aryl methyl sites for hydroxylation is 2. The van der Waals surface area contributed by atoms with Gasteiger partial charge in [-0.1, -0.05) is 13.0 Å². The highest BCUT2D eigenvalue weighted by atomic mass is 19.1. The number of anilines is 1. The predicted octanol–water partition coefficient (Wildman–Crippen LogP) is 5.66. The zero-order chi connectivity index (χ0) is 35.6. The molecule has 2 saturated heterocycles. The summed E-state index contributed by atoms with van der Waals surface area (Å²) in [5, 5.41) is 16.5. The number of halogens is 3. The van der Waals surface area contributed by atoms with Gasteiger partial charge < -0.3 is 19.6 Å². The fourth-order valence-corrected chi connectivity index (χ4v) is 8.17. The van der Waals surface area contributed by atoms with Gasteiger partial charge in [-0.2, -0.15) is 15.1 Å². The van der Waals surface area contributed by atoms with Gasteiger partial charge in [0.2, 0.25) is 0 Å². The fraction of sp³-hybridized carbons (Fsp3) is 0.432. The minimum Gasteiger partial charge on any atom is -0.508 e. The summed E-state index contributed by atoms with van der Waals surface area (Å²) in [5.41, 5.74) is 1.10.